The first-order chi connectivity index (χ1) is 13.1. The fourth-order valence-electron chi connectivity index (χ4n) is 2.54. The first-order valence-electron chi connectivity index (χ1n) is 8.23. The molecule has 0 atom stereocenters. The van der Waals surface area contributed by atoms with Gasteiger partial charge in [0.15, 0.2) is 11.4 Å². The molecule has 0 unspecified atom stereocenters. The Morgan fingerprint density at radius 1 is 1.19 bits per heavy atom. The Hall–Kier alpha value is -2.71. The fraction of sp³-hybridized carbons (Fsp3) is 0.263. The Labute approximate surface area is 159 Å². The maximum Gasteiger partial charge on any atom is 0.286 e. The van der Waals surface area contributed by atoms with Crippen LogP contribution < -0.4 is 14.3 Å². The van der Waals surface area contributed by atoms with Crippen molar-refractivity contribution in [3.8, 4) is 11.5 Å². The standard InChI is InChI=1S/C19H19FN2O4S/c1-24-10-9-22-18-15(20)7-4-8-16(18)27-19(22)21-17(23)12-26-14-6-3-5-13(11-14)25-2/h3-8,11H,9-10,12H2,1-2H3. The van der Waals surface area contributed by atoms with Crippen LogP contribution in [0.3, 0.4) is 0 Å². The van der Waals surface area contributed by atoms with Crippen LogP contribution in [0.1, 0.15) is 0 Å². The number of rotatable bonds is 7. The topological polar surface area (TPSA) is 62.1 Å². The third kappa shape index (κ3) is 4.53. The van der Waals surface area contributed by atoms with Gasteiger partial charge in [-0.05, 0) is 24.3 Å². The zero-order valence-corrected chi connectivity index (χ0v) is 15.8. The minimum Gasteiger partial charge on any atom is -0.497 e. The Bertz CT molecular complexity index is 1010. The van der Waals surface area contributed by atoms with E-state index in [0.29, 0.717) is 39.7 Å². The van der Waals surface area contributed by atoms with Gasteiger partial charge >= 0.3 is 0 Å². The van der Waals surface area contributed by atoms with Crippen molar-refractivity contribution in [2.24, 2.45) is 4.99 Å². The second kappa shape index (κ2) is 8.79. The van der Waals surface area contributed by atoms with Crippen LogP contribution in [0.5, 0.6) is 11.5 Å². The van der Waals surface area contributed by atoms with Crippen molar-refractivity contribution >= 4 is 27.5 Å². The highest BCUT2D eigenvalue weighted by Gasteiger charge is 2.12. The number of nitrogens with zero attached hydrogens (tertiary/aromatic N) is 2. The molecule has 0 saturated heterocycles. The molecule has 0 aliphatic rings. The van der Waals surface area contributed by atoms with Crippen LogP contribution in [0.2, 0.25) is 0 Å². The van der Waals surface area contributed by atoms with Gasteiger partial charge in [0.1, 0.15) is 17.3 Å². The zero-order valence-electron chi connectivity index (χ0n) is 15.0. The molecular weight excluding hydrogens is 371 g/mol. The van der Waals surface area contributed by atoms with Crippen LogP contribution in [0.25, 0.3) is 10.2 Å². The summed E-state index contributed by atoms with van der Waals surface area (Å²) in [6.07, 6.45) is 0. The van der Waals surface area contributed by atoms with E-state index in [1.165, 1.54) is 17.4 Å². The summed E-state index contributed by atoms with van der Waals surface area (Å²) in [5, 5.41) is 0. The van der Waals surface area contributed by atoms with Crippen LogP contribution in [-0.2, 0) is 16.1 Å². The minimum absolute atomic E-state index is 0.228. The maximum atomic E-state index is 14.2. The van der Waals surface area contributed by atoms with Gasteiger partial charge in [-0.1, -0.05) is 23.5 Å². The van der Waals surface area contributed by atoms with E-state index in [2.05, 4.69) is 4.99 Å². The Morgan fingerprint density at radius 3 is 2.74 bits per heavy atom. The van der Waals surface area contributed by atoms with Gasteiger partial charge in [0.2, 0.25) is 0 Å². The number of aromatic nitrogens is 1. The number of para-hydroxylation sites is 1. The average Bonchev–Trinajstić information content (AvgIpc) is 3.03. The molecule has 0 aliphatic heterocycles. The van der Waals surface area contributed by atoms with Crippen molar-refractivity contribution in [1.82, 2.24) is 4.57 Å². The van der Waals surface area contributed by atoms with E-state index in [1.54, 1.807) is 55.2 Å². The Balaban J connectivity index is 1.85. The summed E-state index contributed by atoms with van der Waals surface area (Å²) in [5.74, 6) is 0.319. The van der Waals surface area contributed by atoms with Crippen LogP contribution in [0, 0.1) is 5.82 Å². The van der Waals surface area contributed by atoms with Crippen LogP contribution >= 0.6 is 11.3 Å². The monoisotopic (exact) mass is 390 g/mol. The van der Waals surface area contributed by atoms with Crippen LogP contribution in [0.4, 0.5) is 4.39 Å². The smallest absolute Gasteiger partial charge is 0.286 e. The molecular formula is C19H19FN2O4S. The van der Waals surface area contributed by atoms with Gasteiger partial charge in [-0.15, -0.1) is 0 Å². The first-order valence-corrected chi connectivity index (χ1v) is 9.05. The molecule has 27 heavy (non-hydrogen) atoms. The summed E-state index contributed by atoms with van der Waals surface area (Å²) in [6, 6.07) is 11.8. The average molecular weight is 390 g/mol. The van der Waals surface area contributed by atoms with Crippen molar-refractivity contribution in [3.63, 3.8) is 0 Å². The fourth-order valence-corrected chi connectivity index (χ4v) is 3.63. The number of halogens is 1. The summed E-state index contributed by atoms with van der Waals surface area (Å²) in [7, 11) is 3.12. The number of methoxy groups -OCH3 is 2. The molecule has 6 nitrogen and oxygen atoms in total. The van der Waals surface area contributed by atoms with Crippen molar-refractivity contribution in [1.29, 1.82) is 0 Å². The first kappa shape index (κ1) is 19.1. The van der Waals surface area contributed by atoms with Gasteiger partial charge < -0.3 is 18.8 Å². The zero-order chi connectivity index (χ0) is 19.2. The molecule has 3 rings (SSSR count). The molecule has 0 radical (unpaired) electrons. The Kier molecular flexibility index (Phi) is 6.20. The molecule has 0 fully saturated rings. The van der Waals surface area contributed by atoms with Gasteiger partial charge in [-0.3, -0.25) is 4.79 Å². The number of hydrogen-bond donors (Lipinski definition) is 0. The molecule has 0 N–H and O–H groups in total. The predicted molar refractivity (Wildman–Crippen MR) is 101 cm³/mol. The summed E-state index contributed by atoms with van der Waals surface area (Å²) < 4.78 is 32.3. The highest BCUT2D eigenvalue weighted by molar-refractivity contribution is 7.16. The summed E-state index contributed by atoms with van der Waals surface area (Å²) in [5.41, 5.74) is 0.416. The third-order valence-corrected chi connectivity index (χ3v) is 4.84. The van der Waals surface area contributed by atoms with Crippen LogP contribution in [-0.4, -0.2) is 37.9 Å². The molecule has 0 bridgehead atoms. The van der Waals surface area contributed by atoms with E-state index >= 15 is 0 Å². The lowest BCUT2D eigenvalue weighted by atomic mass is 10.3. The predicted octanol–water partition coefficient (Wildman–Crippen LogP) is 3.00. The van der Waals surface area contributed by atoms with Gasteiger partial charge in [-0.2, -0.15) is 4.99 Å². The van der Waals surface area contributed by atoms with Gasteiger partial charge in [0, 0.05) is 19.7 Å². The molecule has 3 aromatic rings. The molecule has 0 saturated carbocycles. The number of amides is 1. The van der Waals surface area contributed by atoms with Crippen LogP contribution in [0.15, 0.2) is 47.5 Å². The lowest BCUT2D eigenvalue weighted by Crippen LogP contribution is -2.21. The number of hydrogen-bond acceptors (Lipinski definition) is 5. The molecule has 2 aromatic carbocycles. The third-order valence-electron chi connectivity index (χ3n) is 3.79. The molecule has 0 spiro atoms. The Morgan fingerprint density at radius 2 is 1.96 bits per heavy atom. The van der Waals surface area contributed by atoms with Crippen molar-refractivity contribution < 1.29 is 23.4 Å². The van der Waals surface area contributed by atoms with Crippen molar-refractivity contribution in [2.75, 3.05) is 27.4 Å². The van der Waals surface area contributed by atoms with Crippen molar-refractivity contribution in [3.05, 3.63) is 53.1 Å². The molecule has 0 aliphatic carbocycles. The lowest BCUT2D eigenvalue weighted by Gasteiger charge is -2.06. The minimum atomic E-state index is -0.462. The molecule has 1 heterocycles. The summed E-state index contributed by atoms with van der Waals surface area (Å²) in [4.78, 5) is 16.8. The van der Waals surface area contributed by atoms with Gasteiger partial charge in [-0.25, -0.2) is 4.39 Å². The molecule has 1 amide bonds. The number of carbonyl (C=O) groups is 1. The maximum absolute atomic E-state index is 14.2. The SMILES string of the molecule is COCCn1c(=NC(=O)COc2cccc(OC)c2)sc2cccc(F)c21. The summed E-state index contributed by atoms with van der Waals surface area (Å²) in [6.45, 7) is 0.538. The molecule has 1 aromatic heterocycles. The van der Waals surface area contributed by atoms with E-state index in [0.717, 1.165) is 0 Å². The van der Waals surface area contributed by atoms with E-state index in [-0.39, 0.29) is 12.4 Å². The summed E-state index contributed by atoms with van der Waals surface area (Å²) >= 11 is 1.25. The quantitative estimate of drug-likeness (QED) is 0.622. The molecule has 142 valence electrons. The number of fused-ring (bicyclic) bond motifs is 1. The van der Waals surface area contributed by atoms with E-state index in [4.69, 9.17) is 14.2 Å². The number of benzene rings is 2. The highest BCUT2D eigenvalue weighted by atomic mass is 32.1. The normalized spacial score (nSPS) is 11.7. The van der Waals surface area contributed by atoms with E-state index in [9.17, 15) is 9.18 Å². The van der Waals surface area contributed by atoms with Crippen molar-refractivity contribution in [2.45, 2.75) is 6.54 Å². The molecule has 8 heteroatoms. The second-order valence-corrected chi connectivity index (χ2v) is 6.60. The number of thiazole rings is 1. The highest BCUT2D eigenvalue weighted by Crippen LogP contribution is 2.21. The number of carbonyl (C=O) groups excluding carboxylic acids is 1. The van der Waals surface area contributed by atoms with E-state index in [1.807, 2.05) is 0 Å². The van der Waals surface area contributed by atoms with E-state index < -0.39 is 5.91 Å². The van der Waals surface area contributed by atoms with Gasteiger partial charge in [0.25, 0.3) is 5.91 Å². The lowest BCUT2D eigenvalue weighted by molar-refractivity contribution is -0.120. The number of ether oxygens (including phenoxy) is 3. The second-order valence-electron chi connectivity index (χ2n) is 5.59. The van der Waals surface area contributed by atoms with Gasteiger partial charge in [0.05, 0.1) is 23.9 Å². The largest absolute Gasteiger partial charge is 0.497 e.